The van der Waals surface area contributed by atoms with E-state index in [-0.39, 0.29) is 5.56 Å². The van der Waals surface area contributed by atoms with Crippen molar-refractivity contribution in [3.8, 4) is 22.4 Å². The summed E-state index contributed by atoms with van der Waals surface area (Å²) in [6.45, 7) is 0. The van der Waals surface area contributed by atoms with Gasteiger partial charge in [-0.15, -0.1) is 11.3 Å². The van der Waals surface area contributed by atoms with Crippen LogP contribution in [0.15, 0.2) is 60.2 Å². The number of aromatic nitrogens is 2. The van der Waals surface area contributed by atoms with Crippen molar-refractivity contribution in [2.45, 2.75) is 0 Å². The molecule has 0 amide bonds. The molecule has 0 aliphatic rings. The molecule has 5 heteroatoms. The molecule has 0 aliphatic heterocycles. The van der Waals surface area contributed by atoms with Gasteiger partial charge in [0.15, 0.2) is 0 Å². The van der Waals surface area contributed by atoms with Gasteiger partial charge in [0.2, 0.25) is 0 Å². The largest absolute Gasteiger partial charge is 0.255 e. The fourth-order valence-electron chi connectivity index (χ4n) is 2.56. The Labute approximate surface area is 135 Å². The second-order valence-corrected chi connectivity index (χ2v) is 5.94. The lowest BCUT2D eigenvalue weighted by Gasteiger charge is -2.10. The molecule has 0 N–H and O–H groups in total. The molecule has 112 valence electrons. The molecule has 4 rings (SSSR count). The first kappa shape index (κ1) is 14.0. The van der Waals surface area contributed by atoms with E-state index in [0.29, 0.717) is 5.69 Å². The van der Waals surface area contributed by atoms with Crippen molar-refractivity contribution in [2.75, 3.05) is 0 Å². The third-order valence-electron chi connectivity index (χ3n) is 3.64. The van der Waals surface area contributed by atoms with E-state index in [1.54, 1.807) is 29.1 Å². The Balaban J connectivity index is 1.92. The number of benzene rings is 2. The van der Waals surface area contributed by atoms with E-state index in [2.05, 4.69) is 9.97 Å². The number of hydrogen-bond acceptors (Lipinski definition) is 3. The fraction of sp³-hybridized carbons (Fsp3) is 0. The lowest BCUT2D eigenvalue weighted by molar-refractivity contribution is 0.585. The van der Waals surface area contributed by atoms with Crippen LogP contribution >= 0.6 is 11.3 Å². The van der Waals surface area contributed by atoms with E-state index in [1.165, 1.54) is 12.1 Å². The molecule has 0 atom stereocenters. The maximum Gasteiger partial charge on any atom is 0.135 e. The number of thiazole rings is 1. The number of pyridine rings is 1. The van der Waals surface area contributed by atoms with E-state index in [0.717, 1.165) is 27.4 Å². The smallest absolute Gasteiger partial charge is 0.135 e. The standard InChI is InChI=1S/C18H10F2N2S/c19-12-4-5-14(15(20)9-12)18-13(2-1-7-21-18)11-3-6-16-17(8-11)23-10-22-16/h1-10H. The highest BCUT2D eigenvalue weighted by Gasteiger charge is 2.14. The van der Waals surface area contributed by atoms with Gasteiger partial charge in [-0.05, 0) is 35.9 Å². The minimum atomic E-state index is -0.621. The molecule has 0 unspecified atom stereocenters. The second-order valence-electron chi connectivity index (χ2n) is 5.06. The molecular weight excluding hydrogens is 314 g/mol. The molecule has 2 nitrogen and oxygen atoms in total. The fourth-order valence-corrected chi connectivity index (χ4v) is 3.27. The van der Waals surface area contributed by atoms with Gasteiger partial charge < -0.3 is 0 Å². The molecular formula is C18H10F2N2S. The van der Waals surface area contributed by atoms with Crippen molar-refractivity contribution in [1.29, 1.82) is 0 Å². The van der Waals surface area contributed by atoms with Crippen LogP contribution in [0, 0.1) is 11.6 Å². The summed E-state index contributed by atoms with van der Waals surface area (Å²) >= 11 is 1.55. The molecule has 0 radical (unpaired) electrons. The van der Waals surface area contributed by atoms with Crippen molar-refractivity contribution in [1.82, 2.24) is 9.97 Å². The van der Waals surface area contributed by atoms with Crippen LogP contribution in [0.3, 0.4) is 0 Å². The predicted octanol–water partition coefficient (Wildman–Crippen LogP) is 5.30. The van der Waals surface area contributed by atoms with Crippen LogP contribution in [0.5, 0.6) is 0 Å². The average Bonchev–Trinajstić information content (AvgIpc) is 3.02. The van der Waals surface area contributed by atoms with Crippen LogP contribution in [0.1, 0.15) is 0 Å². The summed E-state index contributed by atoms with van der Waals surface area (Å²) in [5, 5.41) is 0. The van der Waals surface area contributed by atoms with Crippen LogP contribution in [0.4, 0.5) is 8.78 Å². The van der Waals surface area contributed by atoms with E-state index in [1.807, 2.05) is 24.3 Å². The van der Waals surface area contributed by atoms with Crippen molar-refractivity contribution in [3.63, 3.8) is 0 Å². The first-order valence-corrected chi connectivity index (χ1v) is 7.84. The van der Waals surface area contributed by atoms with Crippen LogP contribution < -0.4 is 0 Å². The van der Waals surface area contributed by atoms with Crippen molar-refractivity contribution >= 4 is 21.6 Å². The zero-order valence-electron chi connectivity index (χ0n) is 11.8. The van der Waals surface area contributed by atoms with Gasteiger partial charge in [-0.3, -0.25) is 4.98 Å². The Morgan fingerprint density at radius 1 is 0.870 bits per heavy atom. The lowest BCUT2D eigenvalue weighted by Crippen LogP contribution is -1.92. The Hall–Kier alpha value is -2.66. The van der Waals surface area contributed by atoms with Gasteiger partial charge in [0.1, 0.15) is 11.6 Å². The maximum atomic E-state index is 14.1. The second kappa shape index (κ2) is 5.52. The Kier molecular flexibility index (Phi) is 3.35. The van der Waals surface area contributed by atoms with Gasteiger partial charge in [-0.2, -0.15) is 0 Å². The van der Waals surface area contributed by atoms with E-state index in [4.69, 9.17) is 0 Å². The molecule has 0 fully saturated rings. The van der Waals surface area contributed by atoms with Gasteiger partial charge in [0, 0.05) is 23.4 Å². The lowest BCUT2D eigenvalue weighted by atomic mass is 9.99. The summed E-state index contributed by atoms with van der Waals surface area (Å²) in [5.41, 5.74) is 5.22. The van der Waals surface area contributed by atoms with E-state index >= 15 is 0 Å². The Morgan fingerprint density at radius 2 is 1.78 bits per heavy atom. The monoisotopic (exact) mass is 324 g/mol. The highest BCUT2D eigenvalue weighted by atomic mass is 32.1. The van der Waals surface area contributed by atoms with E-state index in [9.17, 15) is 8.78 Å². The highest BCUT2D eigenvalue weighted by molar-refractivity contribution is 7.16. The third kappa shape index (κ3) is 2.49. The average molecular weight is 324 g/mol. The van der Waals surface area contributed by atoms with Crippen molar-refractivity contribution in [3.05, 3.63) is 71.9 Å². The number of halogens is 2. The van der Waals surface area contributed by atoms with Crippen LogP contribution in [-0.2, 0) is 0 Å². The third-order valence-corrected chi connectivity index (χ3v) is 4.43. The summed E-state index contributed by atoms with van der Waals surface area (Å²) in [6.07, 6.45) is 1.60. The summed E-state index contributed by atoms with van der Waals surface area (Å²) in [4.78, 5) is 8.57. The molecule has 0 aliphatic carbocycles. The molecule has 0 saturated carbocycles. The summed E-state index contributed by atoms with van der Waals surface area (Å²) < 4.78 is 28.4. The number of fused-ring (bicyclic) bond motifs is 1. The van der Waals surface area contributed by atoms with Crippen molar-refractivity contribution < 1.29 is 8.78 Å². The van der Waals surface area contributed by atoms with Crippen molar-refractivity contribution in [2.24, 2.45) is 0 Å². The highest BCUT2D eigenvalue weighted by Crippen LogP contribution is 2.33. The summed E-state index contributed by atoms with van der Waals surface area (Å²) in [5.74, 6) is -1.22. The minimum absolute atomic E-state index is 0.284. The number of rotatable bonds is 2. The van der Waals surface area contributed by atoms with Crippen LogP contribution in [-0.4, -0.2) is 9.97 Å². The maximum absolute atomic E-state index is 14.1. The van der Waals surface area contributed by atoms with Gasteiger partial charge in [-0.1, -0.05) is 12.1 Å². The Bertz CT molecular complexity index is 1010. The zero-order chi connectivity index (χ0) is 15.8. The molecule has 0 spiro atoms. The summed E-state index contributed by atoms with van der Waals surface area (Å²) in [7, 11) is 0. The molecule has 0 saturated heterocycles. The van der Waals surface area contributed by atoms with E-state index < -0.39 is 11.6 Å². The van der Waals surface area contributed by atoms with Crippen LogP contribution in [0.25, 0.3) is 32.6 Å². The number of hydrogen-bond donors (Lipinski definition) is 0. The summed E-state index contributed by atoms with van der Waals surface area (Å²) in [6, 6.07) is 13.1. The van der Waals surface area contributed by atoms with Gasteiger partial charge in [0.25, 0.3) is 0 Å². The van der Waals surface area contributed by atoms with Gasteiger partial charge in [-0.25, -0.2) is 13.8 Å². The molecule has 4 aromatic rings. The number of nitrogens with zero attached hydrogens (tertiary/aromatic N) is 2. The first-order chi connectivity index (χ1) is 11.2. The first-order valence-electron chi connectivity index (χ1n) is 6.96. The molecule has 0 bridgehead atoms. The molecule has 2 aromatic heterocycles. The van der Waals surface area contributed by atoms with Crippen LogP contribution in [0.2, 0.25) is 0 Å². The topological polar surface area (TPSA) is 25.8 Å². The van der Waals surface area contributed by atoms with Gasteiger partial charge in [0.05, 0.1) is 21.4 Å². The molecule has 23 heavy (non-hydrogen) atoms. The minimum Gasteiger partial charge on any atom is -0.255 e. The normalized spacial score (nSPS) is 11.0. The quantitative estimate of drug-likeness (QED) is 0.500. The van der Waals surface area contributed by atoms with Gasteiger partial charge >= 0.3 is 0 Å². The zero-order valence-corrected chi connectivity index (χ0v) is 12.6. The Morgan fingerprint density at radius 3 is 2.65 bits per heavy atom. The SMILES string of the molecule is Fc1ccc(-c2ncccc2-c2ccc3ncsc3c2)c(F)c1. The molecule has 2 aromatic carbocycles. The molecule has 2 heterocycles. The predicted molar refractivity (Wildman–Crippen MR) is 88.2 cm³/mol.